The first-order chi connectivity index (χ1) is 8.15. The molecule has 0 bridgehead atoms. The number of hydrogen-bond donors (Lipinski definition) is 1. The lowest BCUT2D eigenvalue weighted by Crippen LogP contribution is -1.96. The lowest BCUT2D eigenvalue weighted by Gasteiger charge is -2.05. The van der Waals surface area contributed by atoms with Crippen LogP contribution in [-0.2, 0) is 0 Å². The Hall–Kier alpha value is -1.77. The van der Waals surface area contributed by atoms with Crippen molar-refractivity contribution in [2.45, 2.75) is 32.6 Å². The van der Waals surface area contributed by atoms with Crippen LogP contribution in [0.4, 0.5) is 0 Å². The van der Waals surface area contributed by atoms with Crippen molar-refractivity contribution in [3.63, 3.8) is 0 Å². The molecule has 0 saturated heterocycles. The fourth-order valence-electron chi connectivity index (χ4n) is 1.64. The molecule has 1 aromatic rings. The van der Waals surface area contributed by atoms with E-state index in [0.717, 1.165) is 24.4 Å². The van der Waals surface area contributed by atoms with Crippen LogP contribution >= 0.6 is 0 Å². The van der Waals surface area contributed by atoms with Crippen LogP contribution in [0, 0.1) is 0 Å². The first-order valence-electron chi connectivity index (χ1n) is 5.88. The van der Waals surface area contributed by atoms with Crippen molar-refractivity contribution in [1.29, 1.82) is 0 Å². The monoisotopic (exact) mass is 232 g/mol. The Labute approximate surface area is 103 Å². The van der Waals surface area contributed by atoms with Crippen molar-refractivity contribution in [3.8, 4) is 0 Å². The number of oxazole rings is 1. The molecule has 2 N–H and O–H groups in total. The average molecular weight is 232 g/mol. The van der Waals surface area contributed by atoms with Gasteiger partial charge in [-0.1, -0.05) is 27.0 Å². The second-order valence-corrected chi connectivity index (χ2v) is 3.87. The molecule has 0 atom stereocenters. The molecule has 3 nitrogen and oxygen atoms in total. The molecule has 0 radical (unpaired) electrons. The third-order valence-electron chi connectivity index (χ3n) is 2.76. The minimum Gasteiger partial charge on any atom is -0.440 e. The summed E-state index contributed by atoms with van der Waals surface area (Å²) in [5.74, 6) is 1.77. The van der Waals surface area contributed by atoms with Crippen LogP contribution in [0.1, 0.15) is 50.0 Å². The molecule has 1 heterocycles. The van der Waals surface area contributed by atoms with Crippen molar-refractivity contribution in [2.24, 2.45) is 5.73 Å². The summed E-state index contributed by atoms with van der Waals surface area (Å²) in [6.45, 7) is 11.6. The maximum Gasteiger partial charge on any atom is 0.198 e. The molecular formula is C14H20N2O. The highest BCUT2D eigenvalue weighted by atomic mass is 16.4. The number of rotatable bonds is 6. The van der Waals surface area contributed by atoms with Crippen LogP contribution in [-0.4, -0.2) is 4.98 Å². The Balaban J connectivity index is 3.14. The summed E-state index contributed by atoms with van der Waals surface area (Å²) in [6, 6.07) is 0. The largest absolute Gasteiger partial charge is 0.440 e. The predicted molar refractivity (Wildman–Crippen MR) is 72.3 cm³/mol. The molecule has 0 spiro atoms. The van der Waals surface area contributed by atoms with Crippen LogP contribution in [0.25, 0.3) is 12.2 Å². The lowest BCUT2D eigenvalue weighted by molar-refractivity contribution is 0.427. The lowest BCUT2D eigenvalue weighted by atomic mass is 10.0. The smallest absolute Gasteiger partial charge is 0.198 e. The van der Waals surface area contributed by atoms with E-state index in [4.69, 9.17) is 10.2 Å². The van der Waals surface area contributed by atoms with Gasteiger partial charge in [-0.15, -0.1) is 0 Å². The van der Waals surface area contributed by atoms with Crippen molar-refractivity contribution >= 4 is 12.2 Å². The molecule has 17 heavy (non-hydrogen) atoms. The molecule has 0 saturated carbocycles. The Morgan fingerprint density at radius 2 is 2.06 bits per heavy atom. The fourth-order valence-corrected chi connectivity index (χ4v) is 1.64. The van der Waals surface area contributed by atoms with Gasteiger partial charge in [0.1, 0.15) is 5.69 Å². The molecule has 0 aliphatic heterocycles. The molecule has 0 unspecified atom stereocenters. The van der Waals surface area contributed by atoms with Gasteiger partial charge in [-0.3, -0.25) is 0 Å². The quantitative estimate of drug-likeness (QED) is 0.761. The van der Waals surface area contributed by atoms with E-state index in [2.05, 4.69) is 32.0 Å². The Kier molecular flexibility index (Phi) is 4.76. The maximum atomic E-state index is 5.71. The van der Waals surface area contributed by atoms with Crippen LogP contribution < -0.4 is 5.73 Å². The molecule has 0 aromatic carbocycles. The average Bonchev–Trinajstić information content (AvgIpc) is 2.73. The van der Waals surface area contributed by atoms with Gasteiger partial charge in [0.15, 0.2) is 11.7 Å². The van der Waals surface area contributed by atoms with E-state index in [9.17, 15) is 0 Å². The summed E-state index contributed by atoms with van der Waals surface area (Å²) in [6.07, 6.45) is 7.00. The van der Waals surface area contributed by atoms with Gasteiger partial charge in [-0.2, -0.15) is 0 Å². The Morgan fingerprint density at radius 1 is 1.41 bits per heavy atom. The summed E-state index contributed by atoms with van der Waals surface area (Å²) in [4.78, 5) is 4.47. The van der Waals surface area contributed by atoms with Crippen molar-refractivity contribution in [1.82, 2.24) is 4.98 Å². The zero-order valence-electron chi connectivity index (χ0n) is 10.6. The minimum atomic E-state index is 0.348. The molecule has 0 aliphatic carbocycles. The molecule has 3 heteroatoms. The van der Waals surface area contributed by atoms with Crippen molar-refractivity contribution in [2.75, 3.05) is 0 Å². The molecule has 1 rings (SSSR count). The number of hydrogen-bond acceptors (Lipinski definition) is 3. The highest BCUT2D eigenvalue weighted by Gasteiger charge is 2.16. The van der Waals surface area contributed by atoms with Crippen LogP contribution in [0.2, 0.25) is 0 Å². The highest BCUT2D eigenvalue weighted by Crippen LogP contribution is 2.26. The summed E-state index contributed by atoms with van der Waals surface area (Å²) >= 11 is 0. The zero-order valence-corrected chi connectivity index (χ0v) is 10.6. The predicted octanol–water partition coefficient (Wildman–Crippen LogP) is 3.71. The third-order valence-corrected chi connectivity index (χ3v) is 2.76. The second kappa shape index (κ2) is 6.09. The van der Waals surface area contributed by atoms with E-state index >= 15 is 0 Å². The van der Waals surface area contributed by atoms with E-state index in [0.29, 0.717) is 17.4 Å². The summed E-state index contributed by atoms with van der Waals surface area (Å²) in [5, 5.41) is 0. The molecule has 0 amide bonds. The van der Waals surface area contributed by atoms with Crippen LogP contribution in [0.5, 0.6) is 0 Å². The third kappa shape index (κ3) is 3.09. The SMILES string of the molecule is C=C/C(N)=C\c1nc(C(CC)CC)oc1C=C. The van der Waals surface area contributed by atoms with Crippen molar-refractivity contribution < 1.29 is 4.42 Å². The Bertz CT molecular complexity index is 425. The summed E-state index contributed by atoms with van der Waals surface area (Å²) < 4.78 is 5.69. The van der Waals surface area contributed by atoms with Gasteiger partial charge in [0.2, 0.25) is 0 Å². The normalized spacial score (nSPS) is 11.8. The van der Waals surface area contributed by atoms with Gasteiger partial charge >= 0.3 is 0 Å². The van der Waals surface area contributed by atoms with E-state index < -0.39 is 0 Å². The number of nitrogens with two attached hydrogens (primary N) is 1. The topological polar surface area (TPSA) is 52.0 Å². The first kappa shape index (κ1) is 13.3. The van der Waals surface area contributed by atoms with Crippen molar-refractivity contribution in [3.05, 3.63) is 42.3 Å². The van der Waals surface area contributed by atoms with E-state index in [1.165, 1.54) is 0 Å². The number of aromatic nitrogens is 1. The maximum absolute atomic E-state index is 5.71. The summed E-state index contributed by atoms with van der Waals surface area (Å²) in [7, 11) is 0. The van der Waals surface area contributed by atoms with Crippen LogP contribution in [0.15, 0.2) is 29.3 Å². The Morgan fingerprint density at radius 3 is 2.53 bits per heavy atom. The summed E-state index contributed by atoms with van der Waals surface area (Å²) in [5.41, 5.74) is 6.99. The number of allylic oxidation sites excluding steroid dienone is 1. The first-order valence-corrected chi connectivity index (χ1v) is 5.88. The number of nitrogens with zero attached hydrogens (tertiary/aromatic N) is 1. The molecular weight excluding hydrogens is 212 g/mol. The molecule has 92 valence electrons. The fraction of sp³-hybridized carbons (Fsp3) is 0.357. The van der Waals surface area contributed by atoms with Gasteiger partial charge in [0, 0.05) is 11.6 Å². The standard InChI is InChI=1S/C14H20N2O/c1-5-10(6-2)14-16-12(9-11(15)7-3)13(8-4)17-14/h7-10H,3-6,15H2,1-2H3/b11-9+. The van der Waals surface area contributed by atoms with E-state index in [-0.39, 0.29) is 0 Å². The molecule has 0 aliphatic rings. The van der Waals surface area contributed by atoms with Gasteiger partial charge in [-0.05, 0) is 31.1 Å². The highest BCUT2D eigenvalue weighted by molar-refractivity contribution is 5.60. The second-order valence-electron chi connectivity index (χ2n) is 3.87. The molecule has 1 aromatic heterocycles. The van der Waals surface area contributed by atoms with Gasteiger partial charge in [0.05, 0.1) is 0 Å². The van der Waals surface area contributed by atoms with E-state index in [1.54, 1.807) is 18.2 Å². The van der Waals surface area contributed by atoms with Gasteiger partial charge < -0.3 is 10.2 Å². The minimum absolute atomic E-state index is 0.348. The van der Waals surface area contributed by atoms with Crippen LogP contribution in [0.3, 0.4) is 0 Å². The zero-order chi connectivity index (χ0) is 12.8. The van der Waals surface area contributed by atoms with Gasteiger partial charge in [-0.25, -0.2) is 4.98 Å². The van der Waals surface area contributed by atoms with E-state index in [1.807, 2.05) is 0 Å². The van der Waals surface area contributed by atoms with Gasteiger partial charge in [0.25, 0.3) is 0 Å². The molecule has 0 fully saturated rings.